The predicted molar refractivity (Wildman–Crippen MR) is 86.9 cm³/mol. The van der Waals surface area contributed by atoms with Crippen molar-refractivity contribution in [2.24, 2.45) is 5.73 Å². The fraction of sp³-hybridized carbons (Fsp3) is 0.278. The molecule has 1 amide bonds. The molecule has 0 saturated carbocycles. The Hall–Kier alpha value is -2.40. The Labute approximate surface area is 134 Å². The average Bonchev–Trinajstić information content (AvgIpc) is 2.79. The van der Waals surface area contributed by atoms with Crippen molar-refractivity contribution in [3.8, 4) is 5.75 Å². The summed E-state index contributed by atoms with van der Waals surface area (Å²) in [6.07, 6.45) is 0.820. The maximum absolute atomic E-state index is 13.9. The van der Waals surface area contributed by atoms with Crippen LogP contribution in [0.15, 0.2) is 48.5 Å². The summed E-state index contributed by atoms with van der Waals surface area (Å²) in [5.41, 5.74) is 7.53. The summed E-state index contributed by atoms with van der Waals surface area (Å²) in [5, 5.41) is 0. The molecule has 120 valence electrons. The maximum atomic E-state index is 13.9. The molecule has 1 heterocycles. The number of fused-ring (bicyclic) bond motifs is 1. The molecule has 5 heteroatoms. The Balaban J connectivity index is 1.81. The van der Waals surface area contributed by atoms with Crippen molar-refractivity contribution in [1.82, 2.24) is 0 Å². The summed E-state index contributed by atoms with van der Waals surface area (Å²) in [6, 6.07) is 13.7. The molecule has 3 rings (SSSR count). The van der Waals surface area contributed by atoms with Crippen molar-refractivity contribution in [1.29, 1.82) is 0 Å². The number of hydrogen-bond acceptors (Lipinski definition) is 3. The number of hydrogen-bond donors (Lipinski definition) is 1. The highest BCUT2D eigenvalue weighted by atomic mass is 19.1. The molecule has 0 spiro atoms. The van der Waals surface area contributed by atoms with Gasteiger partial charge < -0.3 is 15.4 Å². The summed E-state index contributed by atoms with van der Waals surface area (Å²) in [5.74, 6) is -0.431. The SMILES string of the molecule is N[C@@H](CC(=O)N1CCCOc2c(F)cccc21)c1ccccc1. The molecule has 0 saturated heterocycles. The largest absolute Gasteiger partial charge is 0.488 e. The standard InChI is InChI=1S/C18H19FN2O2/c19-14-8-4-9-16-18(14)23-11-5-10-21(16)17(22)12-15(20)13-6-2-1-3-7-13/h1-4,6-9,15H,5,10-12,20H2/t15-/m0/s1. The molecule has 0 aliphatic carbocycles. The zero-order valence-corrected chi connectivity index (χ0v) is 12.7. The zero-order valence-electron chi connectivity index (χ0n) is 12.7. The van der Waals surface area contributed by atoms with Crippen LogP contribution in [0, 0.1) is 5.82 Å². The van der Waals surface area contributed by atoms with Crippen molar-refractivity contribution in [2.75, 3.05) is 18.1 Å². The summed E-state index contributed by atoms with van der Waals surface area (Å²) in [7, 11) is 0. The van der Waals surface area contributed by atoms with Gasteiger partial charge in [-0.05, 0) is 24.1 Å². The van der Waals surface area contributed by atoms with Crippen molar-refractivity contribution < 1.29 is 13.9 Å². The molecule has 1 aliphatic rings. The van der Waals surface area contributed by atoms with Gasteiger partial charge in [0.05, 0.1) is 12.3 Å². The van der Waals surface area contributed by atoms with E-state index >= 15 is 0 Å². The van der Waals surface area contributed by atoms with Crippen LogP contribution in [0.1, 0.15) is 24.4 Å². The van der Waals surface area contributed by atoms with E-state index in [0.29, 0.717) is 25.3 Å². The van der Waals surface area contributed by atoms with E-state index in [1.165, 1.54) is 6.07 Å². The molecule has 1 aliphatic heterocycles. The van der Waals surface area contributed by atoms with Crippen molar-refractivity contribution in [3.63, 3.8) is 0 Å². The lowest BCUT2D eigenvalue weighted by atomic mass is 10.0. The Morgan fingerprint density at radius 1 is 1.22 bits per heavy atom. The van der Waals surface area contributed by atoms with Crippen LogP contribution in [0.3, 0.4) is 0 Å². The van der Waals surface area contributed by atoms with Crippen molar-refractivity contribution in [3.05, 3.63) is 59.9 Å². The number of ether oxygens (including phenoxy) is 1. The topological polar surface area (TPSA) is 55.6 Å². The van der Waals surface area contributed by atoms with Crippen molar-refractivity contribution in [2.45, 2.75) is 18.9 Å². The van der Waals surface area contributed by atoms with Gasteiger partial charge in [0.2, 0.25) is 5.91 Å². The van der Waals surface area contributed by atoms with Gasteiger partial charge in [0.1, 0.15) is 0 Å². The molecule has 0 radical (unpaired) electrons. The minimum absolute atomic E-state index is 0.126. The van der Waals surface area contributed by atoms with E-state index in [0.717, 1.165) is 5.56 Å². The lowest BCUT2D eigenvalue weighted by Crippen LogP contribution is -2.33. The number of anilines is 1. The Kier molecular flexibility index (Phi) is 4.57. The third-order valence-electron chi connectivity index (χ3n) is 3.93. The minimum atomic E-state index is -0.449. The van der Waals surface area contributed by atoms with Gasteiger partial charge in [-0.1, -0.05) is 36.4 Å². The van der Waals surface area contributed by atoms with E-state index in [2.05, 4.69) is 0 Å². The van der Waals surface area contributed by atoms with Crippen molar-refractivity contribution >= 4 is 11.6 Å². The Morgan fingerprint density at radius 3 is 2.78 bits per heavy atom. The fourth-order valence-corrected chi connectivity index (χ4v) is 2.75. The van der Waals surface area contributed by atoms with Gasteiger partial charge in [-0.15, -0.1) is 0 Å². The minimum Gasteiger partial charge on any atom is -0.488 e. The smallest absolute Gasteiger partial charge is 0.229 e. The van der Waals surface area contributed by atoms with Crippen LogP contribution in [-0.4, -0.2) is 19.1 Å². The van der Waals surface area contributed by atoms with E-state index in [1.54, 1.807) is 17.0 Å². The fourth-order valence-electron chi connectivity index (χ4n) is 2.75. The van der Waals surface area contributed by atoms with Gasteiger partial charge >= 0.3 is 0 Å². The van der Waals surface area contributed by atoms with Crippen LogP contribution in [0.5, 0.6) is 5.75 Å². The molecule has 2 N–H and O–H groups in total. The van der Waals surface area contributed by atoms with Crippen LogP contribution >= 0.6 is 0 Å². The number of amides is 1. The third-order valence-corrected chi connectivity index (χ3v) is 3.93. The first-order valence-electron chi connectivity index (χ1n) is 7.69. The van der Waals surface area contributed by atoms with E-state index in [9.17, 15) is 9.18 Å². The second-order valence-electron chi connectivity index (χ2n) is 5.56. The summed E-state index contributed by atoms with van der Waals surface area (Å²) >= 11 is 0. The first kappa shape index (κ1) is 15.5. The average molecular weight is 314 g/mol. The highest BCUT2D eigenvalue weighted by Crippen LogP contribution is 2.34. The molecule has 4 nitrogen and oxygen atoms in total. The van der Waals surface area contributed by atoms with Gasteiger partial charge in [-0.2, -0.15) is 0 Å². The monoisotopic (exact) mass is 314 g/mol. The summed E-state index contributed by atoms with van der Waals surface area (Å²) < 4.78 is 19.4. The second-order valence-corrected chi connectivity index (χ2v) is 5.56. The van der Waals surface area contributed by atoms with Gasteiger partial charge in [-0.3, -0.25) is 4.79 Å². The lowest BCUT2D eigenvalue weighted by Gasteiger charge is -2.23. The van der Waals surface area contributed by atoms with Crippen LogP contribution in [0.4, 0.5) is 10.1 Å². The number of halogens is 1. The molecule has 0 bridgehead atoms. The molecule has 23 heavy (non-hydrogen) atoms. The van der Waals surface area contributed by atoms with E-state index in [4.69, 9.17) is 10.5 Å². The van der Waals surface area contributed by atoms with E-state index < -0.39 is 5.82 Å². The molecule has 0 unspecified atom stereocenters. The van der Waals surface area contributed by atoms with E-state index in [-0.39, 0.29) is 24.1 Å². The lowest BCUT2D eigenvalue weighted by molar-refractivity contribution is -0.119. The van der Waals surface area contributed by atoms with Crippen LogP contribution in [0.2, 0.25) is 0 Å². The summed E-state index contributed by atoms with van der Waals surface area (Å²) in [4.78, 5) is 14.3. The summed E-state index contributed by atoms with van der Waals surface area (Å²) in [6.45, 7) is 0.888. The molecule has 1 atom stereocenters. The number of rotatable bonds is 3. The van der Waals surface area contributed by atoms with Crippen LogP contribution in [0.25, 0.3) is 0 Å². The van der Waals surface area contributed by atoms with Gasteiger partial charge in [0.25, 0.3) is 0 Å². The molecular formula is C18H19FN2O2. The highest BCUT2D eigenvalue weighted by Gasteiger charge is 2.25. The van der Waals surface area contributed by atoms with Crippen LogP contribution in [-0.2, 0) is 4.79 Å². The number of carbonyl (C=O) groups excluding carboxylic acids is 1. The normalized spacial score (nSPS) is 15.3. The molecular weight excluding hydrogens is 295 g/mol. The Morgan fingerprint density at radius 2 is 2.00 bits per heavy atom. The van der Waals surface area contributed by atoms with Crippen LogP contribution < -0.4 is 15.4 Å². The first-order valence-corrected chi connectivity index (χ1v) is 7.69. The number of nitrogens with zero attached hydrogens (tertiary/aromatic N) is 1. The van der Waals surface area contributed by atoms with E-state index in [1.807, 2.05) is 30.3 Å². The molecule has 2 aromatic rings. The highest BCUT2D eigenvalue weighted by molar-refractivity contribution is 5.95. The maximum Gasteiger partial charge on any atom is 0.229 e. The van der Waals surface area contributed by atoms with Gasteiger partial charge in [-0.25, -0.2) is 4.39 Å². The second kappa shape index (κ2) is 6.79. The third kappa shape index (κ3) is 3.35. The quantitative estimate of drug-likeness (QED) is 0.947. The zero-order chi connectivity index (χ0) is 16.2. The van der Waals surface area contributed by atoms with Gasteiger partial charge in [0, 0.05) is 19.0 Å². The molecule has 0 aromatic heterocycles. The number of nitrogens with two attached hydrogens (primary N) is 1. The molecule has 2 aromatic carbocycles. The number of para-hydroxylation sites is 1. The molecule has 0 fully saturated rings. The first-order chi connectivity index (χ1) is 11.2. The number of carbonyl (C=O) groups is 1. The Bertz CT molecular complexity index is 691. The predicted octanol–water partition coefficient (Wildman–Crippen LogP) is 3.03. The van der Waals surface area contributed by atoms with Gasteiger partial charge in [0.15, 0.2) is 11.6 Å². The number of benzene rings is 2.